The number of carbonyl (C=O) groups is 1. The molecule has 2 heterocycles. The van der Waals surface area contributed by atoms with Crippen molar-refractivity contribution in [1.82, 2.24) is 9.78 Å². The summed E-state index contributed by atoms with van der Waals surface area (Å²) in [6.07, 6.45) is 1.56. The quantitative estimate of drug-likeness (QED) is 0.515. The number of rotatable bonds is 5. The Morgan fingerprint density at radius 1 is 1.11 bits per heavy atom. The van der Waals surface area contributed by atoms with E-state index in [4.69, 9.17) is 20.8 Å². The fourth-order valence-corrected chi connectivity index (χ4v) is 2.99. The molecule has 4 aromatic rings. The van der Waals surface area contributed by atoms with Crippen LogP contribution in [0.1, 0.15) is 10.5 Å². The summed E-state index contributed by atoms with van der Waals surface area (Å²) >= 11 is 6.07. The Morgan fingerprint density at radius 3 is 2.64 bits per heavy atom. The molecule has 28 heavy (non-hydrogen) atoms. The van der Waals surface area contributed by atoms with Gasteiger partial charge in [0, 0.05) is 11.1 Å². The number of benzene rings is 2. The van der Waals surface area contributed by atoms with Crippen molar-refractivity contribution in [3.8, 4) is 22.9 Å². The Bertz CT molecular complexity index is 1110. The van der Waals surface area contributed by atoms with Gasteiger partial charge >= 0.3 is 0 Å². The van der Waals surface area contributed by atoms with Crippen molar-refractivity contribution in [2.24, 2.45) is 0 Å². The molecule has 1 N–H and O–H groups in total. The molecule has 4 rings (SSSR count). The summed E-state index contributed by atoms with van der Waals surface area (Å²) in [4.78, 5) is 13.1. The maximum atomic E-state index is 13.1. The molecular weight excluding hydrogens is 378 g/mol. The molecule has 2 aromatic heterocycles. The molecule has 0 saturated heterocycles. The van der Waals surface area contributed by atoms with Gasteiger partial charge in [-0.3, -0.25) is 4.79 Å². The van der Waals surface area contributed by atoms with Crippen molar-refractivity contribution >= 4 is 23.2 Å². The SMILES string of the molecule is COc1ccc(Cl)cc1NC(=O)c1cc(-c2ccco2)nn1-c1ccccc1. The lowest BCUT2D eigenvalue weighted by Crippen LogP contribution is -2.17. The predicted octanol–water partition coefficient (Wildman–Crippen LogP) is 5.05. The Kier molecular flexibility index (Phi) is 4.87. The zero-order valence-corrected chi connectivity index (χ0v) is 15.7. The lowest BCUT2D eigenvalue weighted by Gasteiger charge is -2.11. The van der Waals surface area contributed by atoms with Crippen LogP contribution in [0.3, 0.4) is 0 Å². The molecule has 0 bridgehead atoms. The smallest absolute Gasteiger partial charge is 0.274 e. The Morgan fingerprint density at radius 2 is 1.93 bits per heavy atom. The summed E-state index contributed by atoms with van der Waals surface area (Å²) in [6, 6.07) is 19.7. The molecular formula is C21H16ClN3O3. The summed E-state index contributed by atoms with van der Waals surface area (Å²) in [5.74, 6) is 0.730. The number of furan rings is 1. The van der Waals surface area contributed by atoms with Gasteiger partial charge in [0.2, 0.25) is 0 Å². The van der Waals surface area contributed by atoms with Crippen LogP contribution in [0, 0.1) is 0 Å². The lowest BCUT2D eigenvalue weighted by atomic mass is 10.2. The van der Waals surface area contributed by atoms with E-state index in [1.54, 1.807) is 47.3 Å². The minimum Gasteiger partial charge on any atom is -0.495 e. The number of anilines is 1. The summed E-state index contributed by atoms with van der Waals surface area (Å²) in [5, 5.41) is 7.89. The zero-order valence-electron chi connectivity index (χ0n) is 14.9. The second-order valence-corrected chi connectivity index (χ2v) is 6.37. The number of hydrogen-bond donors (Lipinski definition) is 1. The van der Waals surface area contributed by atoms with Crippen molar-refractivity contribution in [2.75, 3.05) is 12.4 Å². The molecule has 0 aliphatic carbocycles. The fourth-order valence-electron chi connectivity index (χ4n) is 2.82. The van der Waals surface area contributed by atoms with Gasteiger partial charge in [-0.25, -0.2) is 4.68 Å². The monoisotopic (exact) mass is 393 g/mol. The number of halogens is 1. The first-order valence-electron chi connectivity index (χ1n) is 8.50. The number of hydrogen-bond acceptors (Lipinski definition) is 4. The normalized spacial score (nSPS) is 10.6. The lowest BCUT2D eigenvalue weighted by molar-refractivity contribution is 0.101. The van der Waals surface area contributed by atoms with Crippen molar-refractivity contribution in [3.05, 3.63) is 83.7 Å². The van der Waals surface area contributed by atoms with Gasteiger partial charge < -0.3 is 14.5 Å². The highest BCUT2D eigenvalue weighted by atomic mass is 35.5. The third kappa shape index (κ3) is 3.50. The maximum absolute atomic E-state index is 13.1. The average molecular weight is 394 g/mol. The molecule has 0 fully saturated rings. The number of methoxy groups -OCH3 is 1. The van der Waals surface area contributed by atoms with Crippen LogP contribution in [-0.4, -0.2) is 22.8 Å². The highest BCUT2D eigenvalue weighted by Crippen LogP contribution is 2.29. The van der Waals surface area contributed by atoms with E-state index in [0.717, 1.165) is 5.69 Å². The van der Waals surface area contributed by atoms with E-state index in [1.165, 1.54) is 7.11 Å². The maximum Gasteiger partial charge on any atom is 0.274 e. The third-order valence-electron chi connectivity index (χ3n) is 4.13. The Balaban J connectivity index is 1.76. The summed E-state index contributed by atoms with van der Waals surface area (Å²) < 4.78 is 12.3. The summed E-state index contributed by atoms with van der Waals surface area (Å²) in [6.45, 7) is 0. The van der Waals surface area contributed by atoms with Crippen LogP contribution in [0.2, 0.25) is 5.02 Å². The molecule has 0 unspecified atom stereocenters. The third-order valence-corrected chi connectivity index (χ3v) is 4.36. The molecule has 2 aromatic carbocycles. The average Bonchev–Trinajstić information content (AvgIpc) is 3.39. The molecule has 0 spiro atoms. The van der Waals surface area contributed by atoms with E-state index in [0.29, 0.717) is 33.6 Å². The van der Waals surface area contributed by atoms with Crippen molar-refractivity contribution in [3.63, 3.8) is 0 Å². The summed E-state index contributed by atoms with van der Waals surface area (Å²) in [7, 11) is 1.53. The van der Waals surface area contributed by atoms with Crippen LogP contribution in [-0.2, 0) is 0 Å². The Hall–Kier alpha value is -3.51. The first-order valence-corrected chi connectivity index (χ1v) is 8.88. The molecule has 7 heteroatoms. The van der Waals surface area contributed by atoms with Gasteiger partial charge in [0.15, 0.2) is 5.76 Å². The number of ether oxygens (including phenoxy) is 1. The molecule has 1 amide bonds. The number of amides is 1. The van der Waals surface area contributed by atoms with E-state index >= 15 is 0 Å². The van der Waals surface area contributed by atoms with E-state index in [1.807, 2.05) is 30.3 Å². The predicted molar refractivity (Wildman–Crippen MR) is 107 cm³/mol. The largest absolute Gasteiger partial charge is 0.495 e. The van der Waals surface area contributed by atoms with E-state index < -0.39 is 0 Å². The van der Waals surface area contributed by atoms with Crippen LogP contribution in [0.4, 0.5) is 5.69 Å². The molecule has 0 radical (unpaired) electrons. The fraction of sp³-hybridized carbons (Fsp3) is 0.0476. The van der Waals surface area contributed by atoms with Gasteiger partial charge in [0.1, 0.15) is 17.1 Å². The van der Waals surface area contributed by atoms with Crippen LogP contribution in [0.15, 0.2) is 77.4 Å². The molecule has 0 aliphatic rings. The highest BCUT2D eigenvalue weighted by Gasteiger charge is 2.20. The van der Waals surface area contributed by atoms with Crippen LogP contribution in [0.25, 0.3) is 17.1 Å². The van der Waals surface area contributed by atoms with Crippen LogP contribution in [0.5, 0.6) is 5.75 Å². The molecule has 6 nitrogen and oxygen atoms in total. The molecule has 0 aliphatic heterocycles. The van der Waals surface area contributed by atoms with Crippen molar-refractivity contribution in [2.45, 2.75) is 0 Å². The van der Waals surface area contributed by atoms with Gasteiger partial charge in [-0.05, 0) is 42.5 Å². The van der Waals surface area contributed by atoms with Gasteiger partial charge in [-0.1, -0.05) is 29.8 Å². The Labute approximate surface area is 166 Å². The standard InChI is InChI=1S/C21H16ClN3O3/c1-27-19-10-9-14(22)12-16(19)23-21(26)18-13-17(20-8-5-11-28-20)24-25(18)15-6-3-2-4-7-15/h2-13H,1H3,(H,23,26). The number of nitrogens with zero attached hydrogens (tertiary/aromatic N) is 2. The van der Waals surface area contributed by atoms with E-state index in [-0.39, 0.29) is 5.91 Å². The minimum atomic E-state index is -0.352. The topological polar surface area (TPSA) is 69.3 Å². The van der Waals surface area contributed by atoms with Crippen LogP contribution >= 0.6 is 11.6 Å². The number of carbonyl (C=O) groups excluding carboxylic acids is 1. The van der Waals surface area contributed by atoms with Gasteiger partial charge in [0.25, 0.3) is 5.91 Å². The van der Waals surface area contributed by atoms with Gasteiger partial charge in [0.05, 0.1) is 24.7 Å². The molecule has 140 valence electrons. The molecule has 0 saturated carbocycles. The first kappa shape index (κ1) is 17.9. The van der Waals surface area contributed by atoms with Crippen LogP contribution < -0.4 is 10.1 Å². The number of nitrogens with one attached hydrogen (secondary N) is 1. The van der Waals surface area contributed by atoms with Gasteiger partial charge in [-0.15, -0.1) is 0 Å². The highest BCUT2D eigenvalue weighted by molar-refractivity contribution is 6.31. The zero-order chi connectivity index (χ0) is 19.5. The second kappa shape index (κ2) is 7.62. The van der Waals surface area contributed by atoms with Crippen molar-refractivity contribution in [1.29, 1.82) is 0 Å². The number of aromatic nitrogens is 2. The van der Waals surface area contributed by atoms with E-state index in [2.05, 4.69) is 10.4 Å². The molecule has 0 atom stereocenters. The van der Waals surface area contributed by atoms with E-state index in [9.17, 15) is 4.79 Å². The first-order chi connectivity index (χ1) is 13.7. The summed E-state index contributed by atoms with van der Waals surface area (Å²) in [5.41, 5.74) is 2.13. The van der Waals surface area contributed by atoms with Gasteiger partial charge in [-0.2, -0.15) is 5.10 Å². The van der Waals surface area contributed by atoms with Crippen molar-refractivity contribution < 1.29 is 13.9 Å². The second-order valence-electron chi connectivity index (χ2n) is 5.94. The number of para-hydroxylation sites is 1. The minimum absolute atomic E-state index is 0.347.